The molecule has 0 radical (unpaired) electrons. The van der Waals surface area contributed by atoms with Crippen LogP contribution in [-0.4, -0.2) is 34.7 Å². The van der Waals surface area contributed by atoms with E-state index in [1.807, 2.05) is 0 Å². The second-order valence-corrected chi connectivity index (χ2v) is 4.09. The van der Waals surface area contributed by atoms with Crippen LogP contribution in [0.15, 0.2) is 18.3 Å². The van der Waals surface area contributed by atoms with E-state index in [0.29, 0.717) is 0 Å². The predicted molar refractivity (Wildman–Crippen MR) is 71.0 cm³/mol. The molecule has 0 atom stereocenters. The average molecular weight is 280 g/mol. The quantitative estimate of drug-likeness (QED) is 0.635. The van der Waals surface area contributed by atoms with Crippen molar-refractivity contribution in [1.82, 2.24) is 4.90 Å². The topological polar surface area (TPSA) is 133 Å². The number of primary amides is 1. The maximum absolute atomic E-state index is 11.2. The summed E-state index contributed by atoms with van der Waals surface area (Å²) in [6, 6.07) is 1.77. The van der Waals surface area contributed by atoms with Crippen LogP contribution in [0.5, 0.6) is 0 Å². The Hall–Kier alpha value is -2.97. The van der Waals surface area contributed by atoms with Crippen LogP contribution in [0.4, 0.5) is 11.4 Å². The summed E-state index contributed by atoms with van der Waals surface area (Å²) in [5, 5.41) is 21.8. The molecule has 9 nitrogen and oxygen atoms in total. The van der Waals surface area contributed by atoms with Crippen molar-refractivity contribution in [2.24, 2.45) is 5.73 Å². The third-order valence-electron chi connectivity index (χ3n) is 2.36. The van der Waals surface area contributed by atoms with E-state index in [4.69, 9.17) is 5.73 Å². The zero-order valence-electron chi connectivity index (χ0n) is 10.8. The second kappa shape index (κ2) is 5.78. The van der Waals surface area contributed by atoms with Crippen LogP contribution in [-0.2, 0) is 0 Å². The maximum atomic E-state index is 11.2. The lowest BCUT2D eigenvalue weighted by Gasteiger charge is -2.05. The van der Waals surface area contributed by atoms with Gasteiger partial charge in [-0.05, 0) is 18.3 Å². The van der Waals surface area contributed by atoms with Crippen molar-refractivity contribution in [3.8, 4) is 0 Å². The molecule has 2 N–H and O–H groups in total. The number of rotatable bonds is 5. The number of hydrogen-bond acceptors (Lipinski definition) is 6. The second-order valence-electron chi connectivity index (χ2n) is 4.09. The molecule has 1 aromatic carbocycles. The summed E-state index contributed by atoms with van der Waals surface area (Å²) < 4.78 is 0. The molecule has 106 valence electrons. The first-order chi connectivity index (χ1) is 9.23. The lowest BCUT2D eigenvalue weighted by Crippen LogP contribution is -2.14. The predicted octanol–water partition coefficient (Wildman–Crippen LogP) is 1.13. The van der Waals surface area contributed by atoms with Crippen molar-refractivity contribution in [3.05, 3.63) is 49.7 Å². The van der Waals surface area contributed by atoms with Gasteiger partial charge >= 0.3 is 0 Å². The molecule has 0 unspecified atom stereocenters. The fourth-order valence-electron chi connectivity index (χ4n) is 1.46. The van der Waals surface area contributed by atoms with Crippen LogP contribution in [0.3, 0.4) is 0 Å². The molecular weight excluding hydrogens is 268 g/mol. The van der Waals surface area contributed by atoms with Gasteiger partial charge in [-0.25, -0.2) is 0 Å². The van der Waals surface area contributed by atoms with Crippen molar-refractivity contribution >= 4 is 23.4 Å². The summed E-state index contributed by atoms with van der Waals surface area (Å²) in [5.41, 5.74) is 3.58. The van der Waals surface area contributed by atoms with Gasteiger partial charge in [-0.3, -0.25) is 25.0 Å². The van der Waals surface area contributed by atoms with E-state index < -0.39 is 27.1 Å². The summed E-state index contributed by atoms with van der Waals surface area (Å²) in [5.74, 6) is -1.02. The van der Waals surface area contributed by atoms with Gasteiger partial charge in [0.25, 0.3) is 17.3 Å². The van der Waals surface area contributed by atoms with Gasteiger partial charge in [-0.2, -0.15) is 0 Å². The number of nitro groups is 2. The van der Waals surface area contributed by atoms with E-state index in [1.54, 1.807) is 19.0 Å². The van der Waals surface area contributed by atoms with Crippen LogP contribution in [0.2, 0.25) is 0 Å². The maximum Gasteiger partial charge on any atom is 0.289 e. The summed E-state index contributed by atoms with van der Waals surface area (Å²) >= 11 is 0. The van der Waals surface area contributed by atoms with Crippen LogP contribution < -0.4 is 5.73 Å². The molecule has 1 rings (SSSR count). The van der Waals surface area contributed by atoms with Gasteiger partial charge in [0.1, 0.15) is 5.56 Å². The molecule has 0 aliphatic carbocycles. The molecule has 0 saturated heterocycles. The zero-order chi connectivity index (χ0) is 15.4. The molecule has 0 heterocycles. The van der Waals surface area contributed by atoms with Gasteiger partial charge in [-0.15, -0.1) is 0 Å². The number of nitrogens with zero attached hydrogens (tertiary/aromatic N) is 3. The first-order valence-electron chi connectivity index (χ1n) is 5.35. The SMILES string of the molecule is CN(C)/C=C/c1cc(C(N)=O)c([N+](=O)[O-])cc1[N+](=O)[O-]. The molecule has 0 bridgehead atoms. The molecule has 0 aliphatic heterocycles. The van der Waals surface area contributed by atoms with Crippen LogP contribution in [0.25, 0.3) is 6.08 Å². The highest BCUT2D eigenvalue weighted by atomic mass is 16.6. The Bertz CT molecular complexity index is 609. The van der Waals surface area contributed by atoms with Gasteiger partial charge < -0.3 is 10.6 Å². The standard InChI is InChI=1S/C11H12N4O5/c1-13(2)4-3-7-5-8(11(12)16)10(15(19)20)6-9(7)14(17)18/h3-6H,1-2H3,(H2,12,16)/b4-3+. The first-order valence-corrected chi connectivity index (χ1v) is 5.35. The summed E-state index contributed by atoms with van der Waals surface area (Å²) in [4.78, 5) is 33.0. The third kappa shape index (κ3) is 3.28. The smallest absolute Gasteiger partial charge is 0.289 e. The minimum atomic E-state index is -1.02. The lowest BCUT2D eigenvalue weighted by molar-refractivity contribution is -0.394. The van der Waals surface area contributed by atoms with Crippen molar-refractivity contribution in [3.63, 3.8) is 0 Å². The van der Waals surface area contributed by atoms with Crippen molar-refractivity contribution in [1.29, 1.82) is 0 Å². The van der Waals surface area contributed by atoms with Crippen LogP contribution in [0, 0.1) is 20.2 Å². The highest BCUT2D eigenvalue weighted by Gasteiger charge is 2.25. The minimum Gasteiger partial charge on any atom is -0.383 e. The highest BCUT2D eigenvalue weighted by Crippen LogP contribution is 2.29. The van der Waals surface area contributed by atoms with E-state index >= 15 is 0 Å². The molecule has 1 amide bonds. The molecule has 0 fully saturated rings. The molecule has 0 spiro atoms. The summed E-state index contributed by atoms with van der Waals surface area (Å²) in [7, 11) is 3.39. The number of nitrogens with two attached hydrogens (primary N) is 1. The van der Waals surface area contributed by atoms with Crippen molar-refractivity contribution in [2.75, 3.05) is 14.1 Å². The fraction of sp³-hybridized carbons (Fsp3) is 0.182. The molecule has 9 heteroatoms. The van der Waals surface area contributed by atoms with Gasteiger partial charge in [0.2, 0.25) is 0 Å². The zero-order valence-corrected chi connectivity index (χ0v) is 10.8. The Morgan fingerprint density at radius 2 is 1.75 bits per heavy atom. The molecule has 0 aliphatic rings. The summed E-state index contributed by atoms with van der Waals surface area (Å²) in [6.45, 7) is 0. The Morgan fingerprint density at radius 1 is 1.20 bits per heavy atom. The van der Waals surface area contributed by atoms with E-state index in [0.717, 1.165) is 12.1 Å². The Morgan fingerprint density at radius 3 is 2.15 bits per heavy atom. The number of hydrogen-bond donors (Lipinski definition) is 1. The van der Waals surface area contributed by atoms with E-state index in [9.17, 15) is 25.0 Å². The minimum absolute atomic E-state index is 0.0584. The number of carbonyl (C=O) groups is 1. The molecule has 0 aromatic heterocycles. The van der Waals surface area contributed by atoms with E-state index in [-0.39, 0.29) is 11.1 Å². The first kappa shape index (κ1) is 15.1. The normalized spacial score (nSPS) is 10.5. The lowest BCUT2D eigenvalue weighted by atomic mass is 10.1. The molecule has 0 saturated carbocycles. The van der Waals surface area contributed by atoms with Gasteiger partial charge in [0, 0.05) is 14.1 Å². The number of carbonyl (C=O) groups excluding carboxylic acids is 1. The van der Waals surface area contributed by atoms with Crippen LogP contribution in [0.1, 0.15) is 15.9 Å². The largest absolute Gasteiger partial charge is 0.383 e. The Labute approximate surface area is 113 Å². The van der Waals surface area contributed by atoms with Gasteiger partial charge in [-0.1, -0.05) is 0 Å². The fourth-order valence-corrected chi connectivity index (χ4v) is 1.46. The number of amides is 1. The van der Waals surface area contributed by atoms with Gasteiger partial charge in [0.05, 0.1) is 21.5 Å². The number of benzene rings is 1. The molecule has 20 heavy (non-hydrogen) atoms. The molecular formula is C11H12N4O5. The molecule has 1 aromatic rings. The van der Waals surface area contributed by atoms with Crippen molar-refractivity contribution in [2.45, 2.75) is 0 Å². The monoisotopic (exact) mass is 280 g/mol. The van der Waals surface area contributed by atoms with Crippen LogP contribution >= 0.6 is 0 Å². The Kier molecular flexibility index (Phi) is 4.36. The Balaban J connectivity index is 3.57. The number of nitro benzene ring substituents is 2. The van der Waals surface area contributed by atoms with E-state index in [1.165, 1.54) is 12.3 Å². The summed E-state index contributed by atoms with van der Waals surface area (Å²) in [6.07, 6.45) is 2.88. The van der Waals surface area contributed by atoms with E-state index in [2.05, 4.69) is 0 Å². The average Bonchev–Trinajstić information content (AvgIpc) is 2.34. The highest BCUT2D eigenvalue weighted by molar-refractivity contribution is 5.98. The van der Waals surface area contributed by atoms with Crippen molar-refractivity contribution < 1.29 is 14.6 Å². The third-order valence-corrected chi connectivity index (χ3v) is 2.36. The van der Waals surface area contributed by atoms with Gasteiger partial charge in [0.15, 0.2) is 0 Å².